The largest absolute Gasteiger partial charge is 0.388 e. The van der Waals surface area contributed by atoms with Gasteiger partial charge in [0.2, 0.25) is 5.91 Å². The van der Waals surface area contributed by atoms with Crippen molar-refractivity contribution in [3.05, 3.63) is 30.3 Å². The number of ether oxygens (including phenoxy) is 1. The van der Waals surface area contributed by atoms with E-state index in [-0.39, 0.29) is 11.9 Å². The molecule has 2 aliphatic rings. The quantitative estimate of drug-likeness (QED) is 0.364. The van der Waals surface area contributed by atoms with Gasteiger partial charge in [-0.15, -0.1) is 11.8 Å². The number of nitrogens with one attached hydrogen (secondary N) is 2. The first-order chi connectivity index (χ1) is 15.3. The fraction of sp³-hybridized carbons (Fsp3) is 0.696. The summed E-state index contributed by atoms with van der Waals surface area (Å²) in [5, 5.41) is 37.7. The first kappa shape index (κ1) is 25.3. The van der Waals surface area contributed by atoms with Crippen molar-refractivity contribution in [2.45, 2.75) is 68.1 Å². The van der Waals surface area contributed by atoms with E-state index in [1.807, 2.05) is 37.4 Å². The molecule has 1 aromatic carbocycles. The molecule has 5 N–H and O–H groups in total. The van der Waals surface area contributed by atoms with Gasteiger partial charge in [-0.3, -0.25) is 9.69 Å². The van der Waals surface area contributed by atoms with E-state index in [1.165, 1.54) is 11.8 Å². The maximum Gasteiger partial charge on any atom is 0.237 e. The Morgan fingerprint density at radius 2 is 1.94 bits per heavy atom. The Labute approximate surface area is 194 Å². The number of rotatable bonds is 9. The minimum Gasteiger partial charge on any atom is -0.388 e. The fourth-order valence-corrected chi connectivity index (χ4v) is 5.42. The Morgan fingerprint density at radius 3 is 2.59 bits per heavy atom. The number of benzene rings is 1. The van der Waals surface area contributed by atoms with Crippen LogP contribution in [-0.4, -0.2) is 94.5 Å². The first-order valence-electron chi connectivity index (χ1n) is 11.4. The van der Waals surface area contributed by atoms with Crippen LogP contribution in [0.4, 0.5) is 5.69 Å². The molecule has 0 aliphatic carbocycles. The summed E-state index contributed by atoms with van der Waals surface area (Å²) in [4.78, 5) is 15.3. The van der Waals surface area contributed by atoms with Crippen LogP contribution in [0.5, 0.6) is 0 Å². The summed E-state index contributed by atoms with van der Waals surface area (Å²) in [6.45, 7) is 3.35. The van der Waals surface area contributed by atoms with Crippen molar-refractivity contribution in [3.8, 4) is 0 Å². The van der Waals surface area contributed by atoms with E-state index in [0.717, 1.165) is 31.5 Å². The number of nitrogens with zero attached hydrogens (tertiary/aromatic N) is 1. The molecule has 2 unspecified atom stereocenters. The molecule has 2 aliphatic heterocycles. The average molecular weight is 468 g/mol. The minimum absolute atomic E-state index is 0.108. The topological polar surface area (TPSA) is 114 Å². The highest BCUT2D eigenvalue weighted by atomic mass is 32.2. The van der Waals surface area contributed by atoms with Crippen molar-refractivity contribution in [2.24, 2.45) is 5.92 Å². The molecule has 0 radical (unpaired) electrons. The third-order valence-electron chi connectivity index (χ3n) is 6.50. The van der Waals surface area contributed by atoms with Crippen LogP contribution in [-0.2, 0) is 9.53 Å². The van der Waals surface area contributed by atoms with E-state index < -0.39 is 35.9 Å². The molecule has 0 aromatic heterocycles. The highest BCUT2D eigenvalue weighted by Gasteiger charge is 2.47. The van der Waals surface area contributed by atoms with Gasteiger partial charge in [-0.05, 0) is 44.2 Å². The second-order valence-corrected chi connectivity index (χ2v) is 9.82. The second kappa shape index (κ2) is 11.7. The van der Waals surface area contributed by atoms with Crippen LogP contribution in [0.1, 0.15) is 26.2 Å². The highest BCUT2D eigenvalue weighted by Crippen LogP contribution is 2.30. The predicted octanol–water partition coefficient (Wildman–Crippen LogP) is 0.874. The van der Waals surface area contributed by atoms with E-state index in [0.29, 0.717) is 12.5 Å². The number of aliphatic hydroxyl groups is 3. The monoisotopic (exact) mass is 467 g/mol. The number of carbonyl (C=O) groups is 1. The number of likely N-dealkylation sites (tertiary alicyclic amines) is 1. The van der Waals surface area contributed by atoms with Crippen molar-refractivity contribution in [1.82, 2.24) is 10.2 Å². The third kappa shape index (κ3) is 5.95. The zero-order chi connectivity index (χ0) is 23.3. The second-order valence-electron chi connectivity index (χ2n) is 8.88. The molecule has 2 fully saturated rings. The molecule has 0 saturated carbocycles. The Balaban J connectivity index is 1.75. The normalized spacial score (nSPS) is 34.2. The number of carbonyl (C=O) groups excluding carboxylic acids is 1. The molecule has 1 aromatic rings. The maximum atomic E-state index is 13.2. The van der Waals surface area contributed by atoms with E-state index in [1.54, 1.807) is 6.26 Å². The standard InChI is InChI=1S/C23H37N3O5S/c1-4-8-14-11-17(26(2)13-14)22(30)25-16(12-24-15-9-6-5-7-10-15)21-19(28)18(27)20(29)23(31-21)32-3/h5-7,9-10,14,16-21,23-24,27-29H,4,8,11-13H2,1-3H3,(H,25,30)/t14-,16-,17+,18-,19?,20-,21-,23?/m1/s1. The Morgan fingerprint density at radius 1 is 1.22 bits per heavy atom. The van der Waals surface area contributed by atoms with Crippen LogP contribution in [0.15, 0.2) is 30.3 Å². The molecule has 8 atom stereocenters. The van der Waals surface area contributed by atoms with Gasteiger partial charge < -0.3 is 30.7 Å². The van der Waals surface area contributed by atoms with Gasteiger partial charge in [0.05, 0.1) is 12.1 Å². The van der Waals surface area contributed by atoms with Crippen molar-refractivity contribution in [2.75, 3.05) is 31.7 Å². The van der Waals surface area contributed by atoms with Crippen LogP contribution in [0, 0.1) is 5.92 Å². The average Bonchev–Trinajstić information content (AvgIpc) is 3.16. The fourth-order valence-electron chi connectivity index (χ4n) is 4.74. The lowest BCUT2D eigenvalue weighted by molar-refractivity contribution is -0.204. The van der Waals surface area contributed by atoms with Crippen molar-refractivity contribution in [1.29, 1.82) is 0 Å². The molecule has 8 nitrogen and oxygen atoms in total. The molecule has 0 spiro atoms. The van der Waals surface area contributed by atoms with Crippen LogP contribution in [0.3, 0.4) is 0 Å². The number of anilines is 1. The van der Waals surface area contributed by atoms with Gasteiger partial charge in [-0.1, -0.05) is 31.5 Å². The molecule has 32 heavy (non-hydrogen) atoms. The molecule has 0 bridgehead atoms. The number of aliphatic hydroxyl groups excluding tert-OH is 3. The Kier molecular flexibility index (Phi) is 9.22. The first-order valence-corrected chi connectivity index (χ1v) is 12.7. The van der Waals surface area contributed by atoms with E-state index in [9.17, 15) is 20.1 Å². The predicted molar refractivity (Wildman–Crippen MR) is 126 cm³/mol. The summed E-state index contributed by atoms with van der Waals surface area (Å²) >= 11 is 1.26. The smallest absolute Gasteiger partial charge is 0.237 e. The SMILES string of the molecule is CCC[C@@H]1C[C@@H](C(=O)N[C@H](CNc2ccccc2)[C@H]2OC(SC)[C@H](O)[C@H](O)C2O)N(C)C1. The summed E-state index contributed by atoms with van der Waals surface area (Å²) in [6.07, 6.45) is 0.00137. The molecule has 1 amide bonds. The molecule has 9 heteroatoms. The lowest BCUT2D eigenvalue weighted by Crippen LogP contribution is -2.64. The Bertz CT molecular complexity index is 725. The van der Waals surface area contributed by atoms with Crippen molar-refractivity contribution >= 4 is 23.4 Å². The number of amides is 1. The van der Waals surface area contributed by atoms with Gasteiger partial charge in [0.1, 0.15) is 29.9 Å². The zero-order valence-electron chi connectivity index (χ0n) is 19.1. The summed E-state index contributed by atoms with van der Waals surface area (Å²) in [7, 11) is 1.97. The molecule has 3 rings (SSSR count). The Hall–Kier alpha value is -1.36. The minimum atomic E-state index is -1.36. The summed E-state index contributed by atoms with van der Waals surface area (Å²) in [5.74, 6) is 0.388. The summed E-state index contributed by atoms with van der Waals surface area (Å²) in [6, 6.07) is 8.73. The van der Waals surface area contributed by atoms with Crippen LogP contribution in [0.25, 0.3) is 0 Å². The number of para-hydroxylation sites is 1. The van der Waals surface area contributed by atoms with Gasteiger partial charge in [0, 0.05) is 18.8 Å². The number of hydrogen-bond acceptors (Lipinski definition) is 8. The van der Waals surface area contributed by atoms with Crippen LogP contribution < -0.4 is 10.6 Å². The third-order valence-corrected chi connectivity index (χ3v) is 7.35. The lowest BCUT2D eigenvalue weighted by atomic mass is 9.94. The van der Waals surface area contributed by atoms with Gasteiger partial charge in [-0.25, -0.2) is 0 Å². The number of thioether (sulfide) groups is 1. The molecular weight excluding hydrogens is 430 g/mol. The van der Waals surface area contributed by atoms with E-state index in [2.05, 4.69) is 22.5 Å². The molecule has 2 saturated heterocycles. The molecular formula is C23H37N3O5S. The van der Waals surface area contributed by atoms with Gasteiger partial charge in [0.25, 0.3) is 0 Å². The summed E-state index contributed by atoms with van der Waals surface area (Å²) in [5.41, 5.74) is 0.178. The van der Waals surface area contributed by atoms with Crippen LogP contribution >= 0.6 is 11.8 Å². The molecule has 2 heterocycles. The van der Waals surface area contributed by atoms with E-state index in [4.69, 9.17) is 4.74 Å². The maximum absolute atomic E-state index is 13.2. The van der Waals surface area contributed by atoms with Crippen molar-refractivity contribution < 1.29 is 24.9 Å². The summed E-state index contributed by atoms with van der Waals surface area (Å²) < 4.78 is 5.97. The highest BCUT2D eigenvalue weighted by molar-refractivity contribution is 7.99. The van der Waals surface area contributed by atoms with Gasteiger partial charge >= 0.3 is 0 Å². The van der Waals surface area contributed by atoms with E-state index >= 15 is 0 Å². The number of hydrogen-bond donors (Lipinski definition) is 5. The van der Waals surface area contributed by atoms with Gasteiger partial charge in [0.15, 0.2) is 0 Å². The van der Waals surface area contributed by atoms with Crippen LogP contribution in [0.2, 0.25) is 0 Å². The lowest BCUT2D eigenvalue weighted by Gasteiger charge is -2.43. The number of likely N-dealkylation sites (N-methyl/N-ethyl adjacent to an activating group) is 1. The van der Waals surface area contributed by atoms with Gasteiger partial charge in [-0.2, -0.15) is 0 Å². The van der Waals surface area contributed by atoms with Crippen molar-refractivity contribution in [3.63, 3.8) is 0 Å². The zero-order valence-corrected chi connectivity index (χ0v) is 19.9. The molecule has 180 valence electrons.